The Bertz CT molecular complexity index is 1230. The van der Waals surface area contributed by atoms with Crippen LogP contribution >= 0.6 is 0 Å². The molecule has 0 saturated carbocycles. The van der Waals surface area contributed by atoms with E-state index in [0.717, 1.165) is 66.8 Å². The molecular weight excluding hydrogens is 386 g/mol. The van der Waals surface area contributed by atoms with Crippen molar-refractivity contribution in [2.24, 2.45) is 5.41 Å². The monoisotopic (exact) mass is 411 g/mol. The van der Waals surface area contributed by atoms with Gasteiger partial charge in [0.2, 0.25) is 0 Å². The highest BCUT2D eigenvalue weighted by Gasteiger charge is 2.44. The maximum atomic E-state index is 5.45. The van der Waals surface area contributed by atoms with Crippen LogP contribution in [0.15, 0.2) is 60.9 Å². The first-order valence-corrected chi connectivity index (χ1v) is 10.9. The number of hydrogen-bond acceptors (Lipinski definition) is 5. The summed E-state index contributed by atoms with van der Waals surface area (Å²) in [5.41, 5.74) is 6.64. The normalized spacial score (nSPS) is 18.0. The quantitative estimate of drug-likeness (QED) is 0.508. The number of imidazole rings is 1. The number of rotatable bonds is 4. The first kappa shape index (κ1) is 18.7. The highest BCUT2D eigenvalue weighted by atomic mass is 16.5. The number of benzene rings is 1. The van der Waals surface area contributed by atoms with Crippen molar-refractivity contribution < 1.29 is 4.74 Å². The first-order valence-electron chi connectivity index (χ1n) is 10.9. The predicted molar refractivity (Wildman–Crippen MR) is 120 cm³/mol. The van der Waals surface area contributed by atoms with Crippen molar-refractivity contribution in [3.8, 4) is 16.9 Å². The van der Waals surface area contributed by atoms with Gasteiger partial charge in [-0.2, -0.15) is 0 Å². The maximum absolute atomic E-state index is 5.45. The van der Waals surface area contributed by atoms with Gasteiger partial charge in [-0.25, -0.2) is 9.97 Å². The maximum Gasteiger partial charge on any atom is 0.165 e. The fraction of sp³-hybridized carbons (Fsp3) is 0.320. The Labute approximate surface area is 181 Å². The van der Waals surface area contributed by atoms with Crippen molar-refractivity contribution in [2.75, 3.05) is 26.3 Å². The second-order valence-corrected chi connectivity index (χ2v) is 8.89. The Morgan fingerprint density at radius 1 is 0.968 bits per heavy atom. The van der Waals surface area contributed by atoms with Crippen molar-refractivity contribution in [2.45, 2.75) is 19.9 Å². The van der Waals surface area contributed by atoms with Crippen LogP contribution in [0.1, 0.15) is 17.8 Å². The smallest absolute Gasteiger partial charge is 0.165 e. The van der Waals surface area contributed by atoms with Gasteiger partial charge in [-0.05, 0) is 61.9 Å². The topological polar surface area (TPSA) is 56.1 Å². The molecule has 0 bridgehead atoms. The van der Waals surface area contributed by atoms with Gasteiger partial charge in [0.05, 0.1) is 18.9 Å². The number of likely N-dealkylation sites (tertiary alicyclic amines) is 1. The molecule has 2 aliphatic heterocycles. The largest absolute Gasteiger partial charge is 0.380 e. The van der Waals surface area contributed by atoms with Gasteiger partial charge in [0.1, 0.15) is 11.3 Å². The second-order valence-electron chi connectivity index (χ2n) is 8.89. The van der Waals surface area contributed by atoms with E-state index in [0.29, 0.717) is 5.41 Å². The van der Waals surface area contributed by atoms with Crippen LogP contribution in [0.4, 0.5) is 0 Å². The molecule has 2 fully saturated rings. The summed E-state index contributed by atoms with van der Waals surface area (Å²) in [6, 6.07) is 16.9. The minimum atomic E-state index is 0.435. The standard InChI is InChI=1S/C25H25N5O/c1-18-27-23-7-6-22(20-8-11-26-12-9-20)28-24(23)30(18)21-4-2-19(3-5-21)14-29-13-10-25(15-29)16-31-17-25/h2-9,11-12H,10,13-17H2,1H3. The molecule has 31 heavy (non-hydrogen) atoms. The van der Waals surface area contributed by atoms with E-state index in [9.17, 15) is 0 Å². The molecule has 0 radical (unpaired) electrons. The lowest BCUT2D eigenvalue weighted by Gasteiger charge is -2.37. The summed E-state index contributed by atoms with van der Waals surface area (Å²) in [5, 5.41) is 0. The number of nitrogens with zero attached hydrogens (tertiary/aromatic N) is 5. The molecular formula is C25H25N5O. The van der Waals surface area contributed by atoms with Crippen LogP contribution in [0.2, 0.25) is 0 Å². The van der Waals surface area contributed by atoms with E-state index in [1.807, 2.05) is 31.2 Å². The van der Waals surface area contributed by atoms with Crippen LogP contribution in [-0.2, 0) is 11.3 Å². The number of pyridine rings is 2. The number of aromatic nitrogens is 4. The van der Waals surface area contributed by atoms with E-state index < -0.39 is 0 Å². The van der Waals surface area contributed by atoms with Gasteiger partial charge in [0.25, 0.3) is 0 Å². The molecule has 6 heteroatoms. The van der Waals surface area contributed by atoms with Gasteiger partial charge in [0, 0.05) is 42.1 Å². The molecule has 1 spiro atoms. The summed E-state index contributed by atoms with van der Waals surface area (Å²) in [6.45, 7) is 7.22. The van der Waals surface area contributed by atoms with E-state index in [-0.39, 0.29) is 0 Å². The van der Waals surface area contributed by atoms with Crippen molar-refractivity contribution in [3.05, 3.63) is 72.3 Å². The van der Waals surface area contributed by atoms with Gasteiger partial charge in [-0.1, -0.05) is 12.1 Å². The third-order valence-electron chi connectivity index (χ3n) is 6.58. The van der Waals surface area contributed by atoms with Crippen LogP contribution in [0.5, 0.6) is 0 Å². The highest BCUT2D eigenvalue weighted by molar-refractivity contribution is 5.78. The van der Waals surface area contributed by atoms with E-state index in [1.165, 1.54) is 12.0 Å². The zero-order valence-corrected chi connectivity index (χ0v) is 17.7. The molecule has 0 N–H and O–H groups in total. The van der Waals surface area contributed by atoms with E-state index in [4.69, 9.17) is 14.7 Å². The van der Waals surface area contributed by atoms with E-state index >= 15 is 0 Å². The predicted octanol–water partition coefficient (Wildman–Crippen LogP) is 4.01. The van der Waals surface area contributed by atoms with Gasteiger partial charge in [-0.15, -0.1) is 0 Å². The fourth-order valence-corrected chi connectivity index (χ4v) is 4.86. The molecule has 156 valence electrons. The molecule has 4 aromatic rings. The summed E-state index contributed by atoms with van der Waals surface area (Å²) in [4.78, 5) is 16.3. The molecule has 0 aliphatic carbocycles. The number of aryl methyl sites for hydroxylation is 1. The van der Waals surface area contributed by atoms with Crippen LogP contribution in [0, 0.1) is 12.3 Å². The van der Waals surface area contributed by atoms with Gasteiger partial charge in [-0.3, -0.25) is 14.5 Å². The lowest BCUT2D eigenvalue weighted by Crippen LogP contribution is -2.44. The molecule has 0 atom stereocenters. The molecule has 1 aromatic carbocycles. The summed E-state index contributed by atoms with van der Waals surface area (Å²) in [6.07, 6.45) is 4.85. The second kappa shape index (κ2) is 7.25. The average Bonchev–Trinajstić information content (AvgIpc) is 3.35. The molecule has 2 saturated heterocycles. The number of ether oxygens (including phenoxy) is 1. The molecule has 3 aromatic heterocycles. The van der Waals surface area contributed by atoms with Gasteiger partial charge < -0.3 is 4.74 Å². The van der Waals surface area contributed by atoms with Crippen LogP contribution in [0.25, 0.3) is 28.1 Å². The van der Waals surface area contributed by atoms with Crippen LogP contribution in [-0.4, -0.2) is 50.7 Å². The van der Waals surface area contributed by atoms with Gasteiger partial charge in [0.15, 0.2) is 5.65 Å². The van der Waals surface area contributed by atoms with Crippen molar-refractivity contribution in [1.29, 1.82) is 0 Å². The Balaban J connectivity index is 1.28. The summed E-state index contributed by atoms with van der Waals surface area (Å²) < 4.78 is 7.59. The van der Waals surface area contributed by atoms with Gasteiger partial charge >= 0.3 is 0 Å². The third-order valence-corrected chi connectivity index (χ3v) is 6.58. The zero-order chi connectivity index (χ0) is 20.8. The summed E-state index contributed by atoms with van der Waals surface area (Å²) in [5.74, 6) is 0.939. The average molecular weight is 412 g/mol. The van der Waals surface area contributed by atoms with Crippen molar-refractivity contribution in [3.63, 3.8) is 0 Å². The van der Waals surface area contributed by atoms with E-state index in [2.05, 4.69) is 38.7 Å². The molecule has 2 aliphatic rings. The molecule has 6 nitrogen and oxygen atoms in total. The Hall–Kier alpha value is -3.09. The molecule has 5 heterocycles. The van der Waals surface area contributed by atoms with Crippen molar-refractivity contribution in [1.82, 2.24) is 24.4 Å². The zero-order valence-electron chi connectivity index (χ0n) is 17.7. The van der Waals surface area contributed by atoms with Crippen molar-refractivity contribution >= 4 is 11.2 Å². The minimum Gasteiger partial charge on any atom is -0.380 e. The van der Waals surface area contributed by atoms with Crippen LogP contribution < -0.4 is 0 Å². The summed E-state index contributed by atoms with van der Waals surface area (Å²) in [7, 11) is 0. The fourth-order valence-electron chi connectivity index (χ4n) is 4.86. The number of hydrogen-bond donors (Lipinski definition) is 0. The highest BCUT2D eigenvalue weighted by Crippen LogP contribution is 2.38. The molecule has 6 rings (SSSR count). The van der Waals surface area contributed by atoms with E-state index in [1.54, 1.807) is 12.4 Å². The summed E-state index contributed by atoms with van der Waals surface area (Å²) >= 11 is 0. The minimum absolute atomic E-state index is 0.435. The Morgan fingerprint density at radius 3 is 2.48 bits per heavy atom. The lowest BCUT2D eigenvalue weighted by molar-refractivity contribution is -0.105. The first-order chi connectivity index (χ1) is 15.2. The molecule has 0 amide bonds. The molecule has 0 unspecified atom stereocenters. The third kappa shape index (κ3) is 3.32. The Morgan fingerprint density at radius 2 is 1.77 bits per heavy atom. The SMILES string of the molecule is Cc1nc2ccc(-c3ccncc3)nc2n1-c1ccc(CN2CCC3(COC3)C2)cc1. The van der Waals surface area contributed by atoms with Crippen LogP contribution in [0.3, 0.4) is 0 Å². The lowest BCUT2D eigenvalue weighted by atomic mass is 9.85. The Kier molecular flexibility index (Phi) is 4.37. The number of fused-ring (bicyclic) bond motifs is 1.